The number of halogens is 2. The van der Waals surface area contributed by atoms with Crippen molar-refractivity contribution in [1.82, 2.24) is 14.7 Å². The SMILES string of the molecule is CN(C)CCCOc1c(F)cc(-c2ccc(=O)n(Cc3ccc4c(c3)NC(=O)C4)n2)cc1F. The molecule has 1 aromatic heterocycles. The van der Waals surface area contributed by atoms with E-state index in [1.165, 1.54) is 16.8 Å². The van der Waals surface area contributed by atoms with Crippen LogP contribution in [0.4, 0.5) is 14.5 Å². The number of nitrogens with one attached hydrogen (secondary N) is 1. The van der Waals surface area contributed by atoms with E-state index in [4.69, 9.17) is 4.74 Å². The third kappa shape index (κ3) is 5.25. The van der Waals surface area contributed by atoms with Crippen molar-refractivity contribution >= 4 is 11.6 Å². The molecule has 0 saturated carbocycles. The maximum absolute atomic E-state index is 14.6. The number of rotatable bonds is 8. The summed E-state index contributed by atoms with van der Waals surface area (Å²) in [5, 5.41) is 7.06. The molecule has 2 heterocycles. The molecule has 33 heavy (non-hydrogen) atoms. The van der Waals surface area contributed by atoms with E-state index in [9.17, 15) is 18.4 Å². The highest BCUT2D eigenvalue weighted by atomic mass is 19.1. The van der Waals surface area contributed by atoms with Crippen LogP contribution in [0.5, 0.6) is 5.75 Å². The van der Waals surface area contributed by atoms with Gasteiger partial charge in [-0.05, 0) is 55.9 Å². The smallest absolute Gasteiger partial charge is 0.267 e. The highest BCUT2D eigenvalue weighted by Crippen LogP contribution is 2.28. The summed E-state index contributed by atoms with van der Waals surface area (Å²) in [6.45, 7) is 1.08. The molecule has 2 aromatic carbocycles. The molecule has 0 unspecified atom stereocenters. The van der Waals surface area contributed by atoms with Crippen LogP contribution in [0.2, 0.25) is 0 Å². The summed E-state index contributed by atoms with van der Waals surface area (Å²) >= 11 is 0. The molecule has 1 aliphatic rings. The van der Waals surface area contributed by atoms with Gasteiger partial charge in [0.05, 0.1) is 25.3 Å². The summed E-state index contributed by atoms with van der Waals surface area (Å²) < 4.78 is 35.6. The van der Waals surface area contributed by atoms with Gasteiger partial charge < -0.3 is 15.0 Å². The van der Waals surface area contributed by atoms with Crippen LogP contribution in [-0.4, -0.2) is 47.8 Å². The van der Waals surface area contributed by atoms with E-state index in [0.29, 0.717) is 18.5 Å². The molecule has 1 amide bonds. The third-order valence-electron chi connectivity index (χ3n) is 5.29. The molecule has 4 rings (SSSR count). The molecular formula is C24H24F2N4O3. The lowest BCUT2D eigenvalue weighted by molar-refractivity contribution is -0.115. The Morgan fingerprint density at radius 1 is 1.09 bits per heavy atom. The van der Waals surface area contributed by atoms with E-state index < -0.39 is 17.4 Å². The van der Waals surface area contributed by atoms with E-state index in [2.05, 4.69) is 10.4 Å². The van der Waals surface area contributed by atoms with Crippen molar-refractivity contribution in [2.45, 2.75) is 19.4 Å². The van der Waals surface area contributed by atoms with Crippen LogP contribution in [0.25, 0.3) is 11.3 Å². The first kappa shape index (κ1) is 22.6. The Morgan fingerprint density at radius 3 is 2.58 bits per heavy atom. The molecule has 0 saturated heterocycles. The zero-order chi connectivity index (χ0) is 23.5. The van der Waals surface area contributed by atoms with E-state index >= 15 is 0 Å². The highest BCUT2D eigenvalue weighted by molar-refractivity contribution is 5.99. The Morgan fingerprint density at radius 2 is 1.85 bits per heavy atom. The van der Waals surface area contributed by atoms with E-state index in [1.807, 2.05) is 31.1 Å². The Hall–Kier alpha value is -3.59. The van der Waals surface area contributed by atoms with Crippen LogP contribution in [0, 0.1) is 11.6 Å². The Kier molecular flexibility index (Phi) is 6.50. The minimum Gasteiger partial charge on any atom is -0.488 e. The molecule has 0 spiro atoms. The number of anilines is 1. The molecule has 0 radical (unpaired) electrons. The molecule has 0 bridgehead atoms. The van der Waals surface area contributed by atoms with Gasteiger partial charge >= 0.3 is 0 Å². The second kappa shape index (κ2) is 9.50. The molecule has 0 aliphatic carbocycles. The number of nitrogens with zero attached hydrogens (tertiary/aromatic N) is 3. The molecule has 1 aliphatic heterocycles. The van der Waals surface area contributed by atoms with Gasteiger partial charge in [0.25, 0.3) is 5.56 Å². The van der Waals surface area contributed by atoms with Crippen LogP contribution in [0.1, 0.15) is 17.5 Å². The van der Waals surface area contributed by atoms with Crippen molar-refractivity contribution in [2.24, 2.45) is 0 Å². The number of fused-ring (bicyclic) bond motifs is 1. The molecule has 172 valence electrons. The van der Waals surface area contributed by atoms with Gasteiger partial charge in [0, 0.05) is 23.9 Å². The average Bonchev–Trinajstić information content (AvgIpc) is 3.13. The predicted octanol–water partition coefficient (Wildman–Crippen LogP) is 3.06. The van der Waals surface area contributed by atoms with Crippen molar-refractivity contribution in [3.05, 3.63) is 75.6 Å². The first-order chi connectivity index (χ1) is 15.8. The van der Waals surface area contributed by atoms with E-state index in [1.54, 1.807) is 6.07 Å². The second-order valence-corrected chi connectivity index (χ2v) is 8.21. The van der Waals surface area contributed by atoms with Gasteiger partial charge in [-0.25, -0.2) is 13.5 Å². The summed E-state index contributed by atoms with van der Waals surface area (Å²) in [5.41, 5.74) is 2.47. The third-order valence-corrected chi connectivity index (χ3v) is 5.29. The largest absolute Gasteiger partial charge is 0.488 e. The maximum atomic E-state index is 14.6. The Bertz CT molecular complexity index is 1230. The first-order valence-electron chi connectivity index (χ1n) is 10.6. The standard InChI is InChI=1S/C24H24F2N4O3/c1-29(2)8-3-9-33-24-18(25)11-17(12-19(24)26)20-6-7-23(32)30(28-20)14-15-4-5-16-13-22(31)27-21(16)10-15/h4-7,10-12H,3,8-9,13-14H2,1-2H3,(H,27,31). The fourth-order valence-electron chi connectivity index (χ4n) is 3.65. The van der Waals surface area contributed by atoms with Crippen molar-refractivity contribution in [3.63, 3.8) is 0 Å². The van der Waals surface area contributed by atoms with E-state index in [-0.39, 0.29) is 35.9 Å². The molecule has 0 atom stereocenters. The van der Waals surface area contributed by atoms with Crippen molar-refractivity contribution in [3.8, 4) is 17.0 Å². The lowest BCUT2D eigenvalue weighted by atomic mass is 10.1. The van der Waals surface area contributed by atoms with E-state index in [0.717, 1.165) is 29.8 Å². The van der Waals surface area contributed by atoms with Gasteiger partial charge in [0.15, 0.2) is 17.4 Å². The lowest BCUT2D eigenvalue weighted by Crippen LogP contribution is -2.23. The summed E-state index contributed by atoms with van der Waals surface area (Å²) in [7, 11) is 3.81. The minimum atomic E-state index is -0.830. The number of ether oxygens (including phenoxy) is 1. The average molecular weight is 454 g/mol. The van der Waals surface area contributed by atoms with Gasteiger partial charge in [0.2, 0.25) is 5.91 Å². The number of amides is 1. The topological polar surface area (TPSA) is 76.5 Å². The highest BCUT2D eigenvalue weighted by Gasteiger charge is 2.18. The predicted molar refractivity (Wildman–Crippen MR) is 120 cm³/mol. The van der Waals surface area contributed by atoms with Gasteiger partial charge in [-0.2, -0.15) is 5.10 Å². The normalized spacial score (nSPS) is 12.7. The molecule has 3 aromatic rings. The van der Waals surface area contributed by atoms with Gasteiger partial charge in [-0.1, -0.05) is 12.1 Å². The summed E-state index contributed by atoms with van der Waals surface area (Å²) in [6, 6.07) is 10.5. The van der Waals surface area contributed by atoms with Crippen LogP contribution in [0.15, 0.2) is 47.3 Å². The number of benzene rings is 2. The number of aromatic nitrogens is 2. The summed E-state index contributed by atoms with van der Waals surface area (Å²) in [4.78, 5) is 25.8. The monoisotopic (exact) mass is 454 g/mol. The fourth-order valence-corrected chi connectivity index (χ4v) is 3.65. The van der Waals surface area contributed by atoms with Crippen LogP contribution < -0.4 is 15.6 Å². The van der Waals surface area contributed by atoms with Gasteiger partial charge in [-0.15, -0.1) is 0 Å². The zero-order valence-electron chi connectivity index (χ0n) is 18.4. The summed E-state index contributed by atoms with van der Waals surface area (Å²) in [6.07, 6.45) is 0.961. The molecular weight excluding hydrogens is 430 g/mol. The van der Waals surface area contributed by atoms with Gasteiger partial charge in [0.1, 0.15) is 0 Å². The summed E-state index contributed by atoms with van der Waals surface area (Å²) in [5.74, 6) is -2.16. The number of carbonyl (C=O) groups excluding carboxylic acids is 1. The van der Waals surface area contributed by atoms with Crippen LogP contribution in [0.3, 0.4) is 0 Å². The number of hydrogen-bond acceptors (Lipinski definition) is 5. The van der Waals surface area contributed by atoms with Crippen LogP contribution in [-0.2, 0) is 17.8 Å². The Labute approximate surface area is 189 Å². The molecule has 0 fully saturated rings. The molecule has 1 N–H and O–H groups in total. The minimum absolute atomic E-state index is 0.0754. The van der Waals surface area contributed by atoms with Crippen molar-refractivity contribution < 1.29 is 18.3 Å². The molecule has 7 nitrogen and oxygen atoms in total. The zero-order valence-corrected chi connectivity index (χ0v) is 18.4. The Balaban J connectivity index is 1.54. The molecule has 9 heteroatoms. The second-order valence-electron chi connectivity index (χ2n) is 8.21. The van der Waals surface area contributed by atoms with Crippen molar-refractivity contribution in [1.29, 1.82) is 0 Å². The number of carbonyl (C=O) groups is 1. The van der Waals surface area contributed by atoms with Crippen molar-refractivity contribution in [2.75, 3.05) is 32.6 Å². The maximum Gasteiger partial charge on any atom is 0.267 e. The quantitative estimate of drug-likeness (QED) is 0.530. The number of hydrogen-bond donors (Lipinski definition) is 1. The van der Waals surface area contributed by atoms with Gasteiger partial charge in [-0.3, -0.25) is 9.59 Å². The van der Waals surface area contributed by atoms with Crippen LogP contribution >= 0.6 is 0 Å². The lowest BCUT2D eigenvalue weighted by Gasteiger charge is -2.13. The fraction of sp³-hybridized carbons (Fsp3) is 0.292. The first-order valence-corrected chi connectivity index (χ1v) is 10.6.